The average molecular weight is 491 g/mol. The molecule has 0 heterocycles. The number of sulfonamides is 1. The van der Waals surface area contributed by atoms with E-state index in [9.17, 15) is 18.0 Å². The lowest BCUT2D eigenvalue weighted by Crippen LogP contribution is -2.29. The van der Waals surface area contributed by atoms with Gasteiger partial charge in [-0.2, -0.15) is 0 Å². The van der Waals surface area contributed by atoms with Crippen molar-refractivity contribution in [3.63, 3.8) is 0 Å². The Balaban J connectivity index is 1.75. The molecule has 6 nitrogen and oxygen atoms in total. The zero-order valence-electron chi connectivity index (χ0n) is 20.4. The molecule has 0 radical (unpaired) electrons. The summed E-state index contributed by atoms with van der Waals surface area (Å²) in [4.78, 5) is 25.7. The second-order valence-corrected chi connectivity index (χ2v) is 11.2. The van der Waals surface area contributed by atoms with Crippen LogP contribution in [-0.4, -0.2) is 32.9 Å². The summed E-state index contributed by atoms with van der Waals surface area (Å²) in [5.74, 6) is -0.501. The van der Waals surface area contributed by atoms with Crippen molar-refractivity contribution in [2.75, 3.05) is 22.4 Å². The highest BCUT2D eigenvalue weighted by atomic mass is 32.2. The van der Waals surface area contributed by atoms with Gasteiger partial charge in [0.2, 0.25) is 10.0 Å². The van der Waals surface area contributed by atoms with Crippen molar-refractivity contribution in [3.05, 3.63) is 108 Å². The van der Waals surface area contributed by atoms with Crippen LogP contribution in [0.5, 0.6) is 0 Å². The molecule has 1 N–H and O–H groups in total. The lowest BCUT2D eigenvalue weighted by molar-refractivity contribution is 0.102. The summed E-state index contributed by atoms with van der Waals surface area (Å²) in [6.07, 6.45) is 2.61. The maximum atomic E-state index is 13.0. The van der Waals surface area contributed by atoms with E-state index in [4.69, 9.17) is 0 Å². The second-order valence-electron chi connectivity index (χ2n) is 9.32. The van der Waals surface area contributed by atoms with Crippen LogP contribution in [0.15, 0.2) is 85.5 Å². The maximum Gasteiger partial charge on any atom is 0.255 e. The van der Waals surface area contributed by atoms with Crippen LogP contribution in [0.3, 0.4) is 0 Å². The molecule has 0 aliphatic carbocycles. The predicted octanol–water partition coefficient (Wildman–Crippen LogP) is 5.42. The molecule has 35 heavy (non-hydrogen) atoms. The highest BCUT2D eigenvalue weighted by Crippen LogP contribution is 2.24. The average Bonchev–Trinajstić information content (AvgIpc) is 2.81. The van der Waals surface area contributed by atoms with Crippen molar-refractivity contribution in [1.29, 1.82) is 0 Å². The molecule has 3 aromatic rings. The lowest BCUT2D eigenvalue weighted by Gasteiger charge is -2.20. The van der Waals surface area contributed by atoms with E-state index in [2.05, 4.69) is 32.7 Å². The van der Waals surface area contributed by atoms with Crippen LogP contribution in [0.4, 0.5) is 11.4 Å². The van der Waals surface area contributed by atoms with Gasteiger partial charge in [0.05, 0.1) is 18.5 Å². The van der Waals surface area contributed by atoms with Gasteiger partial charge in [-0.25, -0.2) is 8.42 Å². The largest absolute Gasteiger partial charge is 0.322 e. The third kappa shape index (κ3) is 6.45. The van der Waals surface area contributed by atoms with Crippen molar-refractivity contribution in [3.8, 4) is 0 Å². The quantitative estimate of drug-likeness (QED) is 0.338. The molecule has 1 amide bonds. The van der Waals surface area contributed by atoms with Crippen molar-refractivity contribution < 1.29 is 18.0 Å². The first-order chi connectivity index (χ1) is 16.4. The van der Waals surface area contributed by atoms with Crippen molar-refractivity contribution in [1.82, 2.24) is 0 Å². The fraction of sp³-hybridized carbons (Fsp3) is 0.214. The van der Waals surface area contributed by atoms with Gasteiger partial charge in [-0.05, 0) is 47.4 Å². The van der Waals surface area contributed by atoms with Gasteiger partial charge in [0.25, 0.3) is 5.91 Å². The van der Waals surface area contributed by atoms with Crippen LogP contribution < -0.4 is 9.62 Å². The zero-order chi connectivity index (χ0) is 25.8. The van der Waals surface area contributed by atoms with Crippen LogP contribution in [0.2, 0.25) is 0 Å². The number of carbonyl (C=O) groups excluding carboxylic acids is 2. The highest BCUT2D eigenvalue weighted by Gasteiger charge is 2.18. The summed E-state index contributed by atoms with van der Waals surface area (Å²) < 4.78 is 25.2. The molecule has 0 saturated heterocycles. The van der Waals surface area contributed by atoms with Crippen LogP contribution in [-0.2, 0) is 15.4 Å². The van der Waals surface area contributed by atoms with Crippen molar-refractivity contribution >= 4 is 33.1 Å². The Morgan fingerprint density at radius 3 is 2.06 bits per heavy atom. The summed E-state index contributed by atoms with van der Waals surface area (Å²) in [5, 5.41) is 2.80. The minimum atomic E-state index is -3.48. The molecule has 182 valence electrons. The predicted molar refractivity (Wildman–Crippen MR) is 142 cm³/mol. The molecule has 0 aliphatic heterocycles. The second kappa shape index (κ2) is 10.3. The summed E-state index contributed by atoms with van der Waals surface area (Å²) in [6.45, 7) is 10.1. The Bertz CT molecular complexity index is 1340. The number of benzene rings is 3. The van der Waals surface area contributed by atoms with Crippen LogP contribution in [0.1, 0.15) is 52.6 Å². The Kier molecular flexibility index (Phi) is 7.60. The highest BCUT2D eigenvalue weighted by molar-refractivity contribution is 7.92. The third-order valence-corrected chi connectivity index (χ3v) is 6.67. The molecular formula is C28H30N2O4S. The van der Waals surface area contributed by atoms with E-state index >= 15 is 0 Å². The first-order valence-corrected chi connectivity index (χ1v) is 13.0. The maximum absolute atomic E-state index is 13.0. The molecule has 0 fully saturated rings. The van der Waals surface area contributed by atoms with E-state index in [1.165, 1.54) is 10.4 Å². The molecule has 3 rings (SSSR count). The van der Waals surface area contributed by atoms with Gasteiger partial charge in [0.15, 0.2) is 5.78 Å². The van der Waals surface area contributed by atoms with Crippen LogP contribution in [0.25, 0.3) is 0 Å². The minimum absolute atomic E-state index is 0.00128. The monoisotopic (exact) mass is 490 g/mol. The summed E-state index contributed by atoms with van der Waals surface area (Å²) in [5.41, 5.74) is 3.47. The van der Waals surface area contributed by atoms with Crippen molar-refractivity contribution in [2.45, 2.75) is 26.2 Å². The normalized spacial score (nSPS) is 11.5. The number of amides is 1. The van der Waals surface area contributed by atoms with Crippen molar-refractivity contribution in [2.24, 2.45) is 0 Å². The standard InChI is InChI=1S/C28H30N2O4S/c1-6-18-30(35(5,33)34)25-16-12-21(13-17-25)27(32)29-24-9-7-8-22(19-24)26(31)20-10-14-23(15-11-20)28(2,3)4/h6-17,19H,1,18H2,2-5H3,(H,29,32). The first kappa shape index (κ1) is 25.9. The smallest absolute Gasteiger partial charge is 0.255 e. The first-order valence-electron chi connectivity index (χ1n) is 11.2. The number of nitrogens with zero attached hydrogens (tertiary/aromatic N) is 1. The van der Waals surface area contributed by atoms with E-state index in [0.717, 1.165) is 11.8 Å². The molecule has 0 saturated carbocycles. The number of hydrogen-bond acceptors (Lipinski definition) is 4. The fourth-order valence-corrected chi connectivity index (χ4v) is 4.44. The number of anilines is 2. The summed E-state index contributed by atoms with van der Waals surface area (Å²) in [6, 6.07) is 20.6. The molecule has 0 atom stereocenters. The third-order valence-electron chi connectivity index (χ3n) is 5.51. The van der Waals surface area contributed by atoms with E-state index in [-0.39, 0.29) is 23.7 Å². The van der Waals surface area contributed by atoms with E-state index in [1.807, 2.05) is 24.3 Å². The van der Waals surface area contributed by atoms with Crippen LogP contribution >= 0.6 is 0 Å². The molecule has 0 aromatic heterocycles. The molecule has 3 aromatic carbocycles. The van der Waals surface area contributed by atoms with Gasteiger partial charge in [0, 0.05) is 22.4 Å². The Hall–Kier alpha value is -3.71. The molecule has 0 unspecified atom stereocenters. The molecule has 0 spiro atoms. The Morgan fingerprint density at radius 2 is 1.51 bits per heavy atom. The van der Waals surface area contributed by atoms with Gasteiger partial charge in [-0.1, -0.05) is 63.2 Å². The lowest BCUT2D eigenvalue weighted by atomic mass is 9.86. The minimum Gasteiger partial charge on any atom is -0.322 e. The number of ketones is 1. The zero-order valence-corrected chi connectivity index (χ0v) is 21.2. The number of hydrogen-bond donors (Lipinski definition) is 1. The molecule has 7 heteroatoms. The number of nitrogens with one attached hydrogen (secondary N) is 1. The Morgan fingerprint density at radius 1 is 0.914 bits per heavy atom. The van der Waals surface area contributed by atoms with E-state index < -0.39 is 10.0 Å². The van der Waals surface area contributed by atoms with Gasteiger partial charge in [-0.15, -0.1) is 6.58 Å². The van der Waals surface area contributed by atoms with Gasteiger partial charge in [-0.3, -0.25) is 13.9 Å². The number of rotatable bonds is 8. The SMILES string of the molecule is C=CCN(c1ccc(C(=O)Nc2cccc(C(=O)c3ccc(C(C)(C)C)cc3)c2)cc1)S(C)(=O)=O. The molecule has 0 bridgehead atoms. The van der Waals surface area contributed by atoms with E-state index in [1.54, 1.807) is 48.5 Å². The molecular weight excluding hydrogens is 460 g/mol. The van der Waals surface area contributed by atoms with Crippen LogP contribution in [0, 0.1) is 0 Å². The molecule has 0 aliphatic rings. The summed E-state index contributed by atoms with van der Waals surface area (Å²) >= 11 is 0. The fourth-order valence-electron chi connectivity index (χ4n) is 3.56. The topological polar surface area (TPSA) is 83.6 Å². The van der Waals surface area contributed by atoms with Gasteiger partial charge >= 0.3 is 0 Å². The van der Waals surface area contributed by atoms with Gasteiger partial charge < -0.3 is 5.32 Å². The van der Waals surface area contributed by atoms with E-state index in [0.29, 0.717) is 28.1 Å². The Labute approximate surface area is 207 Å². The number of carbonyl (C=O) groups is 2. The summed E-state index contributed by atoms with van der Waals surface area (Å²) in [7, 11) is -3.48. The van der Waals surface area contributed by atoms with Gasteiger partial charge in [0.1, 0.15) is 0 Å².